The number of aliphatic carboxylic acids is 1. The number of nitrogens with zero attached hydrogens (tertiary/aromatic N) is 1. The van der Waals surface area contributed by atoms with Gasteiger partial charge < -0.3 is 15.7 Å². The van der Waals surface area contributed by atoms with Gasteiger partial charge in [0.05, 0.1) is 10.2 Å². The maximum Gasteiger partial charge on any atom is 0.325 e. The van der Waals surface area contributed by atoms with Gasteiger partial charge in [-0.15, -0.1) is 11.3 Å². The minimum atomic E-state index is -1.06. The van der Waals surface area contributed by atoms with Crippen LogP contribution < -0.4 is 10.6 Å². The molecule has 1 unspecified atom stereocenters. The van der Waals surface area contributed by atoms with E-state index in [1.165, 1.54) is 17.2 Å². The molecule has 0 spiro atoms. The van der Waals surface area contributed by atoms with Crippen LogP contribution in [0.4, 0.5) is 5.69 Å². The third-order valence-corrected chi connectivity index (χ3v) is 6.79. The normalized spacial score (nSPS) is 12.8. The highest BCUT2D eigenvalue weighted by atomic mass is 32.1. The first-order valence-electron chi connectivity index (χ1n) is 11.3. The Kier molecular flexibility index (Phi) is 7.23. The van der Waals surface area contributed by atoms with E-state index in [2.05, 4.69) is 47.9 Å². The fourth-order valence-electron chi connectivity index (χ4n) is 3.66. The Morgan fingerprint density at radius 2 is 1.71 bits per heavy atom. The minimum Gasteiger partial charge on any atom is -0.480 e. The molecule has 0 bridgehead atoms. The molecule has 2 atom stereocenters. The Hall–Kier alpha value is -3.71. The number of rotatable bonds is 9. The van der Waals surface area contributed by atoms with E-state index in [-0.39, 0.29) is 6.04 Å². The lowest BCUT2D eigenvalue weighted by Gasteiger charge is -2.19. The summed E-state index contributed by atoms with van der Waals surface area (Å²) in [5, 5.41) is 16.0. The van der Waals surface area contributed by atoms with E-state index in [4.69, 9.17) is 10.1 Å². The summed E-state index contributed by atoms with van der Waals surface area (Å²) in [6.07, 6.45) is 1.81. The molecule has 7 heteroatoms. The first kappa shape index (κ1) is 23.4. The smallest absolute Gasteiger partial charge is 0.325 e. The standard InChI is InChI=1S/C27H27N3O3S/c1-3-21(29-22-14-12-19(13-15-22)25(31)28-17(2)27(32)33)16-18-8-10-20(11-9-18)26-30-23-6-4-5-7-24(23)34-26/h4-15,17,21,29H,3,16H2,1-2H3,(H,28,31)(H,32,33)/t17-,21?/m0/s1. The van der Waals surface area contributed by atoms with E-state index in [1.54, 1.807) is 23.5 Å². The van der Waals surface area contributed by atoms with Gasteiger partial charge in [-0.05, 0) is 61.7 Å². The molecule has 4 rings (SSSR count). The summed E-state index contributed by atoms with van der Waals surface area (Å²) in [6, 6.07) is 23.1. The number of benzene rings is 3. The van der Waals surface area contributed by atoms with Crippen molar-refractivity contribution in [3.8, 4) is 10.6 Å². The minimum absolute atomic E-state index is 0.236. The summed E-state index contributed by atoms with van der Waals surface area (Å²) in [5.74, 6) is -1.47. The highest BCUT2D eigenvalue weighted by molar-refractivity contribution is 7.21. The zero-order valence-electron chi connectivity index (χ0n) is 19.1. The van der Waals surface area contributed by atoms with Gasteiger partial charge in [0.15, 0.2) is 0 Å². The monoisotopic (exact) mass is 473 g/mol. The summed E-state index contributed by atoms with van der Waals surface area (Å²) in [4.78, 5) is 27.8. The van der Waals surface area contributed by atoms with Crippen LogP contribution in [0.1, 0.15) is 36.2 Å². The maximum atomic E-state index is 12.2. The highest BCUT2D eigenvalue weighted by Crippen LogP contribution is 2.30. The molecule has 0 aliphatic rings. The highest BCUT2D eigenvalue weighted by Gasteiger charge is 2.15. The van der Waals surface area contributed by atoms with Crippen LogP contribution in [0, 0.1) is 0 Å². The molecule has 1 aromatic heterocycles. The summed E-state index contributed by atoms with van der Waals surface area (Å²) >= 11 is 1.70. The molecule has 0 radical (unpaired) electrons. The van der Waals surface area contributed by atoms with E-state index in [9.17, 15) is 9.59 Å². The van der Waals surface area contributed by atoms with Crippen LogP contribution in [0.15, 0.2) is 72.8 Å². The Morgan fingerprint density at radius 1 is 1.00 bits per heavy atom. The second-order valence-corrected chi connectivity index (χ2v) is 9.28. The second-order valence-electron chi connectivity index (χ2n) is 8.25. The number of carbonyl (C=O) groups excluding carboxylic acids is 1. The maximum absolute atomic E-state index is 12.2. The molecular formula is C27H27N3O3S. The zero-order chi connectivity index (χ0) is 24.1. The average molecular weight is 474 g/mol. The largest absolute Gasteiger partial charge is 0.480 e. The second kappa shape index (κ2) is 10.5. The van der Waals surface area contributed by atoms with Crippen molar-refractivity contribution in [1.82, 2.24) is 10.3 Å². The van der Waals surface area contributed by atoms with Crippen LogP contribution in [0.2, 0.25) is 0 Å². The van der Waals surface area contributed by atoms with Crippen LogP contribution >= 0.6 is 11.3 Å². The van der Waals surface area contributed by atoms with Crippen LogP contribution in [0.5, 0.6) is 0 Å². The number of nitrogens with one attached hydrogen (secondary N) is 2. The van der Waals surface area contributed by atoms with Gasteiger partial charge >= 0.3 is 5.97 Å². The molecule has 3 N–H and O–H groups in total. The van der Waals surface area contributed by atoms with Gasteiger partial charge in [0, 0.05) is 22.9 Å². The van der Waals surface area contributed by atoms with Crippen molar-refractivity contribution in [1.29, 1.82) is 0 Å². The van der Waals surface area contributed by atoms with Gasteiger partial charge in [-0.1, -0.05) is 43.3 Å². The van der Waals surface area contributed by atoms with Crippen LogP contribution in [-0.2, 0) is 11.2 Å². The molecule has 0 saturated heterocycles. The quantitative estimate of drug-likeness (QED) is 0.294. The Labute approximate surface area is 202 Å². The van der Waals surface area contributed by atoms with Crippen molar-refractivity contribution in [2.24, 2.45) is 0 Å². The summed E-state index contributed by atoms with van der Waals surface area (Å²) in [6.45, 7) is 3.58. The van der Waals surface area contributed by atoms with E-state index < -0.39 is 17.9 Å². The Bertz CT molecular complexity index is 1250. The molecule has 174 valence electrons. The van der Waals surface area contributed by atoms with Gasteiger partial charge in [0.1, 0.15) is 11.0 Å². The number of anilines is 1. The number of carbonyl (C=O) groups is 2. The third-order valence-electron chi connectivity index (χ3n) is 5.71. The van der Waals surface area contributed by atoms with Crippen molar-refractivity contribution >= 4 is 39.1 Å². The number of aromatic nitrogens is 1. The van der Waals surface area contributed by atoms with Gasteiger partial charge in [-0.3, -0.25) is 9.59 Å². The lowest BCUT2D eigenvalue weighted by molar-refractivity contribution is -0.138. The molecule has 4 aromatic rings. The number of fused-ring (bicyclic) bond motifs is 1. The molecule has 0 fully saturated rings. The number of carboxylic acids is 1. The van der Waals surface area contributed by atoms with Gasteiger partial charge in [-0.25, -0.2) is 4.98 Å². The zero-order valence-corrected chi connectivity index (χ0v) is 19.9. The number of amides is 1. The fourth-order valence-corrected chi connectivity index (χ4v) is 4.63. The lowest BCUT2D eigenvalue weighted by atomic mass is 10.0. The van der Waals surface area contributed by atoms with Crippen molar-refractivity contribution in [3.05, 3.63) is 83.9 Å². The third kappa shape index (κ3) is 5.61. The Morgan fingerprint density at radius 3 is 2.35 bits per heavy atom. The fraction of sp³-hybridized carbons (Fsp3) is 0.222. The van der Waals surface area contributed by atoms with Gasteiger partial charge in [-0.2, -0.15) is 0 Å². The predicted octanol–water partition coefficient (Wildman–Crippen LogP) is 5.60. The summed E-state index contributed by atoms with van der Waals surface area (Å²) in [7, 11) is 0. The molecule has 1 amide bonds. The summed E-state index contributed by atoms with van der Waals surface area (Å²) in [5.41, 5.74) is 4.74. The summed E-state index contributed by atoms with van der Waals surface area (Å²) < 4.78 is 1.19. The van der Waals surface area contributed by atoms with E-state index in [0.29, 0.717) is 5.56 Å². The van der Waals surface area contributed by atoms with E-state index >= 15 is 0 Å². The van der Waals surface area contributed by atoms with Gasteiger partial charge in [0.25, 0.3) is 5.91 Å². The molecular weight excluding hydrogens is 446 g/mol. The van der Waals surface area contributed by atoms with Crippen LogP contribution in [0.25, 0.3) is 20.8 Å². The molecule has 6 nitrogen and oxygen atoms in total. The number of hydrogen-bond acceptors (Lipinski definition) is 5. The van der Waals surface area contributed by atoms with Gasteiger partial charge in [0.2, 0.25) is 0 Å². The van der Waals surface area contributed by atoms with E-state index in [0.717, 1.165) is 34.6 Å². The Balaban J connectivity index is 1.37. The molecule has 0 aliphatic heterocycles. The molecule has 3 aromatic carbocycles. The van der Waals surface area contributed by atoms with Crippen LogP contribution in [-0.4, -0.2) is 34.1 Å². The first-order valence-corrected chi connectivity index (χ1v) is 12.1. The molecule has 34 heavy (non-hydrogen) atoms. The van der Waals surface area contributed by atoms with Crippen molar-refractivity contribution in [2.75, 3.05) is 5.32 Å². The van der Waals surface area contributed by atoms with E-state index in [1.807, 2.05) is 30.3 Å². The molecule has 0 aliphatic carbocycles. The SMILES string of the molecule is CCC(Cc1ccc(-c2nc3ccccc3s2)cc1)Nc1ccc(C(=O)N[C@@H](C)C(=O)O)cc1. The molecule has 1 heterocycles. The number of para-hydroxylation sites is 1. The topological polar surface area (TPSA) is 91.3 Å². The van der Waals surface area contributed by atoms with Crippen molar-refractivity contribution in [2.45, 2.75) is 38.8 Å². The lowest BCUT2D eigenvalue weighted by Crippen LogP contribution is -2.38. The van der Waals surface area contributed by atoms with Crippen molar-refractivity contribution < 1.29 is 14.7 Å². The number of thiazole rings is 1. The average Bonchev–Trinajstić information content (AvgIpc) is 3.28. The van der Waals surface area contributed by atoms with Crippen molar-refractivity contribution in [3.63, 3.8) is 0 Å². The van der Waals surface area contributed by atoms with Crippen LogP contribution in [0.3, 0.4) is 0 Å². The number of hydrogen-bond donors (Lipinski definition) is 3. The molecule has 0 saturated carbocycles. The predicted molar refractivity (Wildman–Crippen MR) is 137 cm³/mol. The number of carboxylic acid groups (broad SMARTS) is 1. The first-order chi connectivity index (χ1) is 16.4.